The van der Waals surface area contributed by atoms with E-state index in [0.29, 0.717) is 19.4 Å². The quantitative estimate of drug-likeness (QED) is 0.0195. The zero-order chi connectivity index (χ0) is 56.6. The molecule has 6 N–H and O–H groups in total. The summed E-state index contributed by atoms with van der Waals surface area (Å²) >= 11 is 0. The normalized spacial score (nSPS) is 18.6. The number of carbonyl (C=O) groups excluding carboxylic acids is 2. The number of amides is 1. The number of ether oxygens (including phenoxy) is 3. The number of hydrogen-bond acceptors (Lipinski definition) is 10. The van der Waals surface area contributed by atoms with Crippen molar-refractivity contribution in [3.63, 3.8) is 0 Å². The number of hydrogen-bond donors (Lipinski definition) is 6. The lowest BCUT2D eigenvalue weighted by Crippen LogP contribution is -2.60. The Morgan fingerprint density at radius 1 is 0.462 bits per heavy atom. The summed E-state index contributed by atoms with van der Waals surface area (Å²) in [6.07, 6.45) is 60.3. The molecule has 7 unspecified atom stereocenters. The first-order chi connectivity index (χ1) is 38.2. The van der Waals surface area contributed by atoms with Crippen LogP contribution >= 0.6 is 0 Å². The third-order valence-corrected chi connectivity index (χ3v) is 16.1. The molecule has 11 nitrogen and oxygen atoms in total. The van der Waals surface area contributed by atoms with Crippen molar-refractivity contribution in [1.29, 1.82) is 0 Å². The van der Waals surface area contributed by atoms with E-state index in [4.69, 9.17) is 14.2 Å². The Hall–Kier alpha value is -1.86. The Bertz CT molecular complexity index is 1350. The van der Waals surface area contributed by atoms with Crippen molar-refractivity contribution in [2.24, 2.45) is 0 Å². The molecule has 1 aliphatic rings. The van der Waals surface area contributed by atoms with Crippen LogP contribution < -0.4 is 5.32 Å². The van der Waals surface area contributed by atoms with Crippen molar-refractivity contribution in [1.82, 2.24) is 5.32 Å². The van der Waals surface area contributed by atoms with Crippen LogP contribution in [0.5, 0.6) is 0 Å². The van der Waals surface area contributed by atoms with Crippen molar-refractivity contribution in [3.05, 3.63) is 24.3 Å². The topological polar surface area (TPSA) is 175 Å². The predicted molar refractivity (Wildman–Crippen MR) is 324 cm³/mol. The van der Waals surface area contributed by atoms with Crippen LogP contribution in [0, 0.1) is 0 Å². The molecule has 1 fully saturated rings. The molecule has 0 bridgehead atoms. The second kappa shape index (κ2) is 57.0. The average molecular weight is 1110 g/mol. The van der Waals surface area contributed by atoms with Crippen molar-refractivity contribution in [2.45, 2.75) is 371 Å². The molecule has 1 saturated heterocycles. The van der Waals surface area contributed by atoms with Gasteiger partial charge in [0.1, 0.15) is 24.4 Å². The summed E-state index contributed by atoms with van der Waals surface area (Å²) in [5, 5.41) is 54.3. The van der Waals surface area contributed by atoms with E-state index in [0.717, 1.165) is 57.8 Å². The van der Waals surface area contributed by atoms with Gasteiger partial charge in [0.15, 0.2) is 6.29 Å². The van der Waals surface area contributed by atoms with Crippen LogP contribution in [-0.2, 0) is 23.8 Å². The molecule has 460 valence electrons. The zero-order valence-corrected chi connectivity index (χ0v) is 50.9. The van der Waals surface area contributed by atoms with Crippen LogP contribution in [0.25, 0.3) is 0 Å². The summed E-state index contributed by atoms with van der Waals surface area (Å²) in [5.41, 5.74) is 0. The van der Waals surface area contributed by atoms with Crippen LogP contribution in [-0.4, -0.2) is 100 Å². The number of allylic oxidation sites excluding steroid dienone is 3. The number of carbonyl (C=O) groups is 2. The number of esters is 1. The Labute approximate surface area is 480 Å². The fourth-order valence-electron chi connectivity index (χ4n) is 10.7. The van der Waals surface area contributed by atoms with E-state index >= 15 is 0 Å². The van der Waals surface area contributed by atoms with Crippen LogP contribution in [0.1, 0.15) is 328 Å². The molecule has 1 heterocycles. The molecule has 0 aromatic rings. The van der Waals surface area contributed by atoms with Gasteiger partial charge >= 0.3 is 5.97 Å². The second-order valence-corrected chi connectivity index (χ2v) is 23.5. The van der Waals surface area contributed by atoms with Gasteiger partial charge in [-0.15, -0.1) is 0 Å². The minimum absolute atomic E-state index is 0.00752. The van der Waals surface area contributed by atoms with E-state index < -0.39 is 49.5 Å². The molecule has 11 heteroatoms. The highest BCUT2D eigenvalue weighted by atomic mass is 16.7. The predicted octanol–water partition coefficient (Wildman–Crippen LogP) is 16.5. The van der Waals surface area contributed by atoms with E-state index in [1.165, 1.54) is 244 Å². The minimum Gasteiger partial charge on any atom is -0.466 e. The second-order valence-electron chi connectivity index (χ2n) is 23.5. The first-order valence-electron chi connectivity index (χ1n) is 33.6. The largest absolute Gasteiger partial charge is 0.466 e. The van der Waals surface area contributed by atoms with Gasteiger partial charge in [-0.3, -0.25) is 9.59 Å². The van der Waals surface area contributed by atoms with Crippen LogP contribution in [0.4, 0.5) is 0 Å². The maximum Gasteiger partial charge on any atom is 0.305 e. The molecule has 1 amide bonds. The summed E-state index contributed by atoms with van der Waals surface area (Å²) in [6.45, 7) is 4.34. The highest BCUT2D eigenvalue weighted by Crippen LogP contribution is 2.23. The summed E-state index contributed by atoms with van der Waals surface area (Å²) in [6, 6.07) is -0.809. The molecule has 1 rings (SSSR count). The third kappa shape index (κ3) is 45.7. The lowest BCUT2D eigenvalue weighted by Gasteiger charge is -2.40. The molecule has 78 heavy (non-hydrogen) atoms. The first kappa shape index (κ1) is 74.2. The van der Waals surface area contributed by atoms with Gasteiger partial charge in [0.05, 0.1) is 32.0 Å². The fraction of sp³-hybridized carbons (Fsp3) is 0.910. The fourth-order valence-corrected chi connectivity index (χ4v) is 10.7. The molecule has 0 radical (unpaired) electrons. The van der Waals surface area contributed by atoms with Gasteiger partial charge in [-0.2, -0.15) is 0 Å². The summed E-state index contributed by atoms with van der Waals surface area (Å²) in [5.74, 6) is -0.177. The molecule has 0 aromatic heterocycles. The number of unbranched alkanes of at least 4 members (excludes halogenated alkanes) is 43. The van der Waals surface area contributed by atoms with Gasteiger partial charge in [-0.1, -0.05) is 282 Å². The van der Waals surface area contributed by atoms with Crippen molar-refractivity contribution in [3.8, 4) is 0 Å². The highest BCUT2D eigenvalue weighted by molar-refractivity contribution is 5.76. The smallest absolute Gasteiger partial charge is 0.305 e. The summed E-state index contributed by atoms with van der Waals surface area (Å²) in [4.78, 5) is 25.1. The molecule has 0 spiro atoms. The molecule has 0 aromatic carbocycles. The van der Waals surface area contributed by atoms with Gasteiger partial charge in [0.25, 0.3) is 0 Å². The maximum absolute atomic E-state index is 13.0. The molecular formula is C67H127NO10. The van der Waals surface area contributed by atoms with Gasteiger partial charge in [-0.05, 0) is 57.8 Å². The minimum atomic E-state index is -1.57. The van der Waals surface area contributed by atoms with Gasteiger partial charge in [0, 0.05) is 12.8 Å². The SMILES string of the molecule is CCCCCCCCC/C=C/C(O)C(COC1OC(CO)C(O)C(O)C1O)NC(=O)CCCCCCCCCCCC/C=C\CCCCCCCCCCCCCCOC(=O)CCCCCCCCCCCCCCCCC. The Morgan fingerprint density at radius 3 is 1.23 bits per heavy atom. The van der Waals surface area contributed by atoms with Gasteiger partial charge in [0.2, 0.25) is 5.91 Å². The first-order valence-corrected chi connectivity index (χ1v) is 33.6. The third-order valence-electron chi connectivity index (χ3n) is 16.1. The molecule has 0 aliphatic carbocycles. The van der Waals surface area contributed by atoms with E-state index in [1.807, 2.05) is 6.08 Å². The number of aliphatic hydroxyl groups is 5. The molecule has 7 atom stereocenters. The Morgan fingerprint density at radius 2 is 0.821 bits per heavy atom. The van der Waals surface area contributed by atoms with E-state index in [1.54, 1.807) is 6.08 Å². The van der Waals surface area contributed by atoms with Gasteiger partial charge in [-0.25, -0.2) is 0 Å². The zero-order valence-electron chi connectivity index (χ0n) is 50.9. The van der Waals surface area contributed by atoms with E-state index in [2.05, 4.69) is 31.3 Å². The Kier molecular flexibility index (Phi) is 54.2. The van der Waals surface area contributed by atoms with Crippen LogP contribution in [0.3, 0.4) is 0 Å². The number of rotatable bonds is 59. The van der Waals surface area contributed by atoms with Crippen molar-refractivity contribution in [2.75, 3.05) is 19.8 Å². The summed E-state index contributed by atoms with van der Waals surface area (Å²) in [7, 11) is 0. The molecule has 1 aliphatic heterocycles. The van der Waals surface area contributed by atoms with Crippen LogP contribution in [0.2, 0.25) is 0 Å². The van der Waals surface area contributed by atoms with Crippen LogP contribution in [0.15, 0.2) is 24.3 Å². The lowest BCUT2D eigenvalue weighted by molar-refractivity contribution is -0.302. The van der Waals surface area contributed by atoms with Crippen molar-refractivity contribution < 1.29 is 49.3 Å². The monoisotopic (exact) mass is 1110 g/mol. The lowest BCUT2D eigenvalue weighted by atomic mass is 9.99. The number of aliphatic hydroxyl groups excluding tert-OH is 5. The highest BCUT2D eigenvalue weighted by Gasteiger charge is 2.44. The standard InChI is InChI=1S/C67H127NO10/c1-3-5-7-9-11-13-14-15-28-32-35-39-43-47-51-55-63(72)76-56-52-48-44-40-36-33-30-27-25-23-21-19-17-16-18-20-22-24-26-29-31-34-38-42-46-50-54-62(71)68-59(60(70)53-49-45-41-37-12-10-8-6-4-2)58-77-67-66(75)65(74)64(73)61(57-69)78-67/h16,18,49,53,59-61,64-67,69-70,73-75H,3-15,17,19-48,50-52,54-58H2,1-2H3,(H,68,71)/b18-16-,53-49+. The van der Waals surface area contributed by atoms with Crippen molar-refractivity contribution >= 4 is 11.9 Å². The van der Waals surface area contributed by atoms with E-state index in [9.17, 15) is 35.1 Å². The number of nitrogens with one attached hydrogen (secondary N) is 1. The Balaban J connectivity index is 1.94. The average Bonchev–Trinajstić information content (AvgIpc) is 3.44. The van der Waals surface area contributed by atoms with E-state index in [-0.39, 0.29) is 18.5 Å². The summed E-state index contributed by atoms with van der Waals surface area (Å²) < 4.78 is 16.7. The molecule has 0 saturated carbocycles. The maximum atomic E-state index is 13.0. The molecular weight excluding hydrogens is 979 g/mol. The van der Waals surface area contributed by atoms with Gasteiger partial charge < -0.3 is 45.1 Å².